The molecule has 0 radical (unpaired) electrons. The highest BCUT2D eigenvalue weighted by Crippen LogP contribution is 2.30. The molecule has 1 aromatic carbocycles. The van der Waals surface area contributed by atoms with Crippen LogP contribution in [-0.2, 0) is 0 Å². The van der Waals surface area contributed by atoms with Crippen molar-refractivity contribution in [3.05, 3.63) is 57.5 Å². The summed E-state index contributed by atoms with van der Waals surface area (Å²) in [5.41, 5.74) is 6.94. The summed E-state index contributed by atoms with van der Waals surface area (Å²) in [6, 6.07) is 10.6. The maximum Gasteiger partial charge on any atom is 0.269 e. The first kappa shape index (κ1) is 14.1. The highest BCUT2D eigenvalue weighted by Gasteiger charge is 2.16. The van der Waals surface area contributed by atoms with Gasteiger partial charge in [-0.3, -0.25) is 4.79 Å². The number of nitrogens with two attached hydrogens (primary N) is 1. The number of benzene rings is 1. The topological polar surface area (TPSA) is 60.9 Å². The summed E-state index contributed by atoms with van der Waals surface area (Å²) < 4.78 is 1.61. The number of aromatic nitrogens is 2. The summed E-state index contributed by atoms with van der Waals surface area (Å²) in [6.45, 7) is 0. The molecular formula is C14H9Cl2N3OS. The van der Waals surface area contributed by atoms with E-state index in [2.05, 4.69) is 5.10 Å². The first-order valence-corrected chi connectivity index (χ1v) is 7.58. The average Bonchev–Trinajstić information content (AvgIpc) is 3.06. The van der Waals surface area contributed by atoms with Crippen molar-refractivity contribution in [2.45, 2.75) is 0 Å². The van der Waals surface area contributed by atoms with Crippen molar-refractivity contribution < 1.29 is 4.79 Å². The van der Waals surface area contributed by atoms with E-state index in [0.29, 0.717) is 15.7 Å². The molecule has 0 aliphatic heterocycles. The van der Waals surface area contributed by atoms with Gasteiger partial charge >= 0.3 is 0 Å². The van der Waals surface area contributed by atoms with Crippen molar-refractivity contribution in [3.8, 4) is 16.3 Å². The fourth-order valence-corrected chi connectivity index (χ4v) is 3.20. The van der Waals surface area contributed by atoms with Gasteiger partial charge in [-0.15, -0.1) is 11.3 Å². The predicted octanol–water partition coefficient (Wildman–Crippen LogP) is 4.01. The van der Waals surface area contributed by atoms with Crippen LogP contribution in [0.4, 0.5) is 0 Å². The number of thiophene rings is 1. The fraction of sp³-hybridized carbons (Fsp3) is 0. The van der Waals surface area contributed by atoms with Crippen molar-refractivity contribution in [2.75, 3.05) is 0 Å². The van der Waals surface area contributed by atoms with Gasteiger partial charge in [0.25, 0.3) is 5.91 Å². The third-order valence-corrected chi connectivity index (χ3v) is 4.16. The molecule has 21 heavy (non-hydrogen) atoms. The van der Waals surface area contributed by atoms with Crippen molar-refractivity contribution in [1.29, 1.82) is 0 Å². The minimum absolute atomic E-state index is 0.189. The number of amides is 1. The molecule has 7 heteroatoms. The standard InChI is InChI=1S/C14H9Cl2N3OS/c15-8-4-9(16)6-10(5-8)19-12(13-2-1-3-21-13)7-11(18-19)14(17)20/h1-7H,(H2,17,20). The molecule has 3 aromatic rings. The van der Waals surface area contributed by atoms with Gasteiger partial charge < -0.3 is 5.73 Å². The van der Waals surface area contributed by atoms with Gasteiger partial charge in [0.15, 0.2) is 5.69 Å². The van der Waals surface area contributed by atoms with Gasteiger partial charge in [0.2, 0.25) is 0 Å². The lowest BCUT2D eigenvalue weighted by Crippen LogP contribution is -2.12. The highest BCUT2D eigenvalue weighted by molar-refractivity contribution is 7.13. The second-order valence-corrected chi connectivity index (χ2v) is 6.12. The molecule has 0 saturated carbocycles. The lowest BCUT2D eigenvalue weighted by atomic mass is 10.2. The van der Waals surface area contributed by atoms with Crippen molar-refractivity contribution >= 4 is 40.4 Å². The van der Waals surface area contributed by atoms with E-state index in [9.17, 15) is 4.79 Å². The van der Waals surface area contributed by atoms with Crippen LogP contribution < -0.4 is 5.73 Å². The monoisotopic (exact) mass is 337 g/mol. The molecule has 0 unspecified atom stereocenters. The van der Waals surface area contributed by atoms with E-state index in [1.54, 1.807) is 28.9 Å². The van der Waals surface area contributed by atoms with E-state index in [4.69, 9.17) is 28.9 Å². The minimum atomic E-state index is -0.584. The summed E-state index contributed by atoms with van der Waals surface area (Å²) in [7, 11) is 0. The SMILES string of the molecule is NC(=O)c1cc(-c2cccs2)n(-c2cc(Cl)cc(Cl)c2)n1. The molecule has 3 rings (SSSR count). The average molecular weight is 338 g/mol. The minimum Gasteiger partial charge on any atom is -0.364 e. The van der Waals surface area contributed by atoms with Crippen molar-refractivity contribution in [3.63, 3.8) is 0 Å². The molecule has 0 bridgehead atoms. The molecule has 0 aliphatic rings. The van der Waals surface area contributed by atoms with Gasteiger partial charge in [0.1, 0.15) is 0 Å². The lowest BCUT2D eigenvalue weighted by molar-refractivity contribution is 0.0995. The van der Waals surface area contributed by atoms with Crippen molar-refractivity contribution in [1.82, 2.24) is 9.78 Å². The Morgan fingerprint density at radius 3 is 2.48 bits per heavy atom. The van der Waals surface area contributed by atoms with Crippen LogP contribution in [-0.4, -0.2) is 15.7 Å². The van der Waals surface area contributed by atoms with Gasteiger partial charge in [-0.2, -0.15) is 5.10 Å². The molecule has 0 spiro atoms. The summed E-state index contributed by atoms with van der Waals surface area (Å²) in [5, 5.41) is 7.18. The number of halogens is 2. The Labute approximate surface area is 134 Å². The van der Waals surface area contributed by atoms with Crippen LogP contribution in [0, 0.1) is 0 Å². The Hall–Kier alpha value is -1.82. The van der Waals surface area contributed by atoms with Crippen LogP contribution in [0.15, 0.2) is 41.8 Å². The van der Waals surface area contributed by atoms with Crippen molar-refractivity contribution in [2.24, 2.45) is 5.73 Å². The van der Waals surface area contributed by atoms with Crippen LogP contribution in [0.3, 0.4) is 0 Å². The summed E-state index contributed by atoms with van der Waals surface area (Å²) >= 11 is 13.6. The maximum atomic E-state index is 11.4. The van der Waals surface area contributed by atoms with Gasteiger partial charge in [-0.05, 0) is 35.7 Å². The molecule has 2 heterocycles. The van der Waals surface area contributed by atoms with E-state index in [0.717, 1.165) is 10.6 Å². The molecule has 4 nitrogen and oxygen atoms in total. The number of hydrogen-bond donors (Lipinski definition) is 1. The van der Waals surface area contributed by atoms with Crippen LogP contribution in [0.2, 0.25) is 10.0 Å². The summed E-state index contributed by atoms with van der Waals surface area (Å²) in [6.07, 6.45) is 0. The fourth-order valence-electron chi connectivity index (χ4n) is 1.96. The number of rotatable bonds is 3. The Bertz CT molecular complexity index is 791. The molecule has 0 aliphatic carbocycles. The second-order valence-electron chi connectivity index (χ2n) is 4.30. The lowest BCUT2D eigenvalue weighted by Gasteiger charge is -2.07. The van der Waals surface area contributed by atoms with E-state index < -0.39 is 5.91 Å². The van der Waals surface area contributed by atoms with E-state index >= 15 is 0 Å². The number of hydrogen-bond acceptors (Lipinski definition) is 3. The smallest absolute Gasteiger partial charge is 0.269 e. The predicted molar refractivity (Wildman–Crippen MR) is 85.4 cm³/mol. The van der Waals surface area contributed by atoms with Gasteiger partial charge in [0.05, 0.1) is 16.3 Å². The molecule has 1 amide bonds. The number of nitrogens with zero attached hydrogens (tertiary/aromatic N) is 2. The number of carbonyl (C=O) groups excluding carboxylic acids is 1. The number of carbonyl (C=O) groups is 1. The zero-order valence-electron chi connectivity index (χ0n) is 10.6. The molecule has 106 valence electrons. The molecule has 0 fully saturated rings. The van der Waals surface area contributed by atoms with Gasteiger partial charge in [0, 0.05) is 10.0 Å². The molecular weight excluding hydrogens is 329 g/mol. The van der Waals surface area contributed by atoms with Crippen LogP contribution in [0.5, 0.6) is 0 Å². The molecule has 2 N–H and O–H groups in total. The summed E-state index contributed by atoms with van der Waals surface area (Å²) in [5.74, 6) is -0.584. The quantitative estimate of drug-likeness (QED) is 0.784. The first-order chi connectivity index (χ1) is 10.0. The zero-order valence-corrected chi connectivity index (χ0v) is 12.9. The van der Waals surface area contributed by atoms with Crippen LogP contribution in [0.1, 0.15) is 10.5 Å². The summed E-state index contributed by atoms with van der Waals surface area (Å²) in [4.78, 5) is 12.4. The first-order valence-electron chi connectivity index (χ1n) is 5.95. The number of primary amides is 1. The van der Waals surface area contributed by atoms with Crippen LogP contribution >= 0.6 is 34.5 Å². The maximum absolute atomic E-state index is 11.4. The van der Waals surface area contributed by atoms with E-state index in [-0.39, 0.29) is 5.69 Å². The zero-order chi connectivity index (χ0) is 15.0. The Kier molecular flexibility index (Phi) is 3.71. The largest absolute Gasteiger partial charge is 0.364 e. The second kappa shape index (κ2) is 5.52. The normalized spacial score (nSPS) is 10.8. The van der Waals surface area contributed by atoms with Crippen LogP contribution in [0.25, 0.3) is 16.3 Å². The Morgan fingerprint density at radius 2 is 1.90 bits per heavy atom. The molecule has 2 aromatic heterocycles. The molecule has 0 atom stereocenters. The van der Waals surface area contributed by atoms with Gasteiger partial charge in [-0.25, -0.2) is 4.68 Å². The molecule has 0 saturated heterocycles. The van der Waals surface area contributed by atoms with E-state index in [1.807, 2.05) is 17.5 Å². The third-order valence-electron chi connectivity index (χ3n) is 2.83. The Balaban J connectivity index is 2.23. The third kappa shape index (κ3) is 2.81. The Morgan fingerprint density at radius 1 is 1.19 bits per heavy atom. The highest BCUT2D eigenvalue weighted by atomic mass is 35.5. The van der Waals surface area contributed by atoms with Gasteiger partial charge in [-0.1, -0.05) is 29.3 Å². The van der Waals surface area contributed by atoms with E-state index in [1.165, 1.54) is 11.3 Å².